The fourth-order valence-corrected chi connectivity index (χ4v) is 2.90. The van der Waals surface area contributed by atoms with Gasteiger partial charge >= 0.3 is 5.97 Å². The molecule has 5 nitrogen and oxygen atoms in total. The fraction of sp³-hybridized carbons (Fsp3) is 0.0625. The Hall–Kier alpha value is -2.73. The molecule has 0 aliphatic carbocycles. The number of hydrogen-bond donors (Lipinski definition) is 2. The average molecular weight is 312 g/mol. The van der Waals surface area contributed by atoms with Crippen LogP contribution in [0.15, 0.2) is 47.5 Å². The Morgan fingerprint density at radius 3 is 2.45 bits per heavy atom. The van der Waals surface area contributed by atoms with E-state index in [1.54, 1.807) is 24.3 Å². The van der Waals surface area contributed by atoms with Crippen LogP contribution in [0.1, 0.15) is 26.3 Å². The zero-order valence-corrected chi connectivity index (χ0v) is 12.5. The second-order valence-electron chi connectivity index (χ2n) is 4.83. The topological polar surface area (TPSA) is 82.5 Å². The van der Waals surface area contributed by atoms with E-state index in [9.17, 15) is 9.59 Å². The van der Waals surface area contributed by atoms with Crippen molar-refractivity contribution in [2.45, 2.75) is 6.92 Å². The number of nitrogens with zero attached hydrogens (tertiary/aromatic N) is 1. The molecule has 0 atom stereocenters. The number of fused-ring (bicyclic) bond motifs is 1. The highest BCUT2D eigenvalue weighted by Gasteiger charge is 2.07. The number of aryl methyl sites for hydroxylation is 1. The van der Waals surface area contributed by atoms with Crippen LogP contribution >= 0.6 is 11.3 Å². The zero-order chi connectivity index (χ0) is 15.7. The highest BCUT2D eigenvalue weighted by Crippen LogP contribution is 2.16. The molecule has 0 fully saturated rings. The predicted molar refractivity (Wildman–Crippen MR) is 84.2 cm³/mol. The Bertz CT molecular complexity index is 936. The van der Waals surface area contributed by atoms with Crippen LogP contribution in [0, 0.1) is 6.92 Å². The number of nitrogens with one attached hydrogen (secondary N) is 1. The Morgan fingerprint density at radius 1 is 1.09 bits per heavy atom. The standard InChI is InChI=1S/C16H12N2O3S/c1-9-2-4-10(5-3-9)14(19)18-16-17-12-7-6-11(15(20)21)8-13(12)22-16/h2-8H,1H3,(H,20,21)(H,17,18,19). The minimum atomic E-state index is -0.982. The van der Waals surface area contributed by atoms with E-state index in [1.165, 1.54) is 17.4 Å². The molecule has 0 aliphatic heterocycles. The Morgan fingerprint density at radius 2 is 1.77 bits per heavy atom. The number of aromatic nitrogens is 1. The predicted octanol–water partition coefficient (Wildman–Crippen LogP) is 2.98. The average Bonchev–Trinajstić information content (AvgIpc) is 2.88. The number of carboxylic acid groups (broad SMARTS) is 1. The summed E-state index contributed by atoms with van der Waals surface area (Å²) in [5, 5.41) is 8.98. The van der Waals surface area contributed by atoms with Crippen molar-refractivity contribution in [1.29, 1.82) is 0 Å². The molecular weight excluding hydrogens is 300 g/mol. The molecule has 1 aromatic heterocycles. The quantitative estimate of drug-likeness (QED) is 0.763. The molecule has 1 amide bonds. The third-order valence-electron chi connectivity index (χ3n) is 3.18. The van der Waals surface area contributed by atoms with Gasteiger partial charge in [0.1, 0.15) is 0 Å². The zero-order valence-electron chi connectivity index (χ0n) is 11.7. The Balaban J connectivity index is 2.00. The molecule has 110 valence electrons. The van der Waals surface area contributed by atoms with Crippen molar-refractivity contribution in [3.05, 3.63) is 64.0 Å². The number of thiazole rings is 1. The third-order valence-corrected chi connectivity index (χ3v) is 4.12. The van der Waals surface area contributed by atoms with Crippen molar-refractivity contribution < 1.29 is 14.7 Å². The van der Waals surface area contributed by atoms with Crippen molar-refractivity contribution in [3.63, 3.8) is 0 Å². The molecular formula is C16H12N2O3S. The van der Waals surface area contributed by atoms with Gasteiger partial charge in [-0.15, -0.1) is 0 Å². The second kappa shape index (κ2) is 5.57. The summed E-state index contributed by atoms with van der Waals surface area (Å²) in [6.07, 6.45) is 0. The summed E-state index contributed by atoms with van der Waals surface area (Å²) in [5.74, 6) is -1.31. The number of carbonyl (C=O) groups is 2. The van der Waals surface area contributed by atoms with Gasteiger partial charge in [0.15, 0.2) is 4.80 Å². The number of aromatic amines is 1. The Kier molecular flexibility index (Phi) is 3.60. The molecule has 0 saturated heterocycles. The van der Waals surface area contributed by atoms with E-state index >= 15 is 0 Å². The Labute approximate surface area is 129 Å². The number of H-pyrrole nitrogens is 1. The van der Waals surface area contributed by atoms with Gasteiger partial charge in [0.25, 0.3) is 5.91 Å². The highest BCUT2D eigenvalue weighted by atomic mass is 32.1. The van der Waals surface area contributed by atoms with Gasteiger partial charge in [-0.2, -0.15) is 4.99 Å². The maximum absolute atomic E-state index is 12.1. The van der Waals surface area contributed by atoms with Gasteiger partial charge in [0.05, 0.1) is 15.8 Å². The summed E-state index contributed by atoms with van der Waals surface area (Å²) in [5.41, 5.74) is 2.55. The van der Waals surface area contributed by atoms with E-state index < -0.39 is 5.97 Å². The van der Waals surface area contributed by atoms with Crippen LogP contribution in [0.2, 0.25) is 0 Å². The number of carboxylic acids is 1. The second-order valence-corrected chi connectivity index (χ2v) is 5.86. The number of hydrogen-bond acceptors (Lipinski definition) is 3. The van der Waals surface area contributed by atoms with Crippen molar-refractivity contribution in [2.24, 2.45) is 4.99 Å². The van der Waals surface area contributed by atoms with Crippen molar-refractivity contribution in [1.82, 2.24) is 4.98 Å². The fourth-order valence-electron chi connectivity index (χ4n) is 1.99. The van der Waals surface area contributed by atoms with Gasteiger partial charge < -0.3 is 10.1 Å². The van der Waals surface area contributed by atoms with Crippen LogP contribution in [0.25, 0.3) is 10.2 Å². The van der Waals surface area contributed by atoms with Gasteiger partial charge in [-0.3, -0.25) is 4.79 Å². The summed E-state index contributed by atoms with van der Waals surface area (Å²) in [6, 6.07) is 11.9. The van der Waals surface area contributed by atoms with Crippen LogP contribution in [0.3, 0.4) is 0 Å². The minimum Gasteiger partial charge on any atom is -0.478 e. The van der Waals surface area contributed by atoms with Crippen LogP contribution in [-0.4, -0.2) is 22.0 Å². The van der Waals surface area contributed by atoms with Gasteiger partial charge in [-0.25, -0.2) is 4.79 Å². The molecule has 3 aromatic rings. The van der Waals surface area contributed by atoms with Gasteiger partial charge in [0.2, 0.25) is 0 Å². The monoisotopic (exact) mass is 312 g/mol. The maximum atomic E-state index is 12.1. The minimum absolute atomic E-state index is 0.208. The van der Waals surface area contributed by atoms with Gasteiger partial charge in [-0.05, 0) is 37.3 Å². The molecule has 0 saturated carbocycles. The van der Waals surface area contributed by atoms with E-state index in [0.717, 1.165) is 15.8 Å². The molecule has 2 N–H and O–H groups in total. The van der Waals surface area contributed by atoms with Crippen LogP contribution < -0.4 is 4.80 Å². The largest absolute Gasteiger partial charge is 0.478 e. The first-order valence-corrected chi connectivity index (χ1v) is 7.36. The van der Waals surface area contributed by atoms with Gasteiger partial charge in [0, 0.05) is 5.56 Å². The lowest BCUT2D eigenvalue weighted by molar-refractivity contribution is 0.0697. The molecule has 0 bridgehead atoms. The summed E-state index contributed by atoms with van der Waals surface area (Å²) in [6.45, 7) is 1.95. The summed E-state index contributed by atoms with van der Waals surface area (Å²) >= 11 is 1.25. The molecule has 0 aliphatic rings. The number of rotatable bonds is 2. The van der Waals surface area contributed by atoms with Gasteiger partial charge in [-0.1, -0.05) is 29.0 Å². The maximum Gasteiger partial charge on any atom is 0.335 e. The molecule has 3 rings (SSSR count). The lowest BCUT2D eigenvalue weighted by Gasteiger charge is -1.94. The first-order chi connectivity index (χ1) is 10.5. The molecule has 6 heteroatoms. The van der Waals surface area contributed by atoms with Crippen molar-refractivity contribution in [3.8, 4) is 0 Å². The van der Waals surface area contributed by atoms with E-state index in [1.807, 2.05) is 19.1 Å². The van der Waals surface area contributed by atoms with Crippen molar-refractivity contribution >= 4 is 33.4 Å². The highest BCUT2D eigenvalue weighted by molar-refractivity contribution is 7.16. The summed E-state index contributed by atoms with van der Waals surface area (Å²) in [7, 11) is 0. The van der Waals surface area contributed by atoms with Crippen LogP contribution in [0.4, 0.5) is 0 Å². The number of amides is 1. The lowest BCUT2D eigenvalue weighted by atomic mass is 10.1. The third kappa shape index (κ3) is 2.82. The van der Waals surface area contributed by atoms with E-state index in [-0.39, 0.29) is 11.5 Å². The van der Waals surface area contributed by atoms with E-state index in [0.29, 0.717) is 10.4 Å². The summed E-state index contributed by atoms with van der Waals surface area (Å²) in [4.78, 5) is 30.6. The van der Waals surface area contributed by atoms with Crippen LogP contribution in [-0.2, 0) is 0 Å². The first kappa shape index (κ1) is 14.2. The van der Waals surface area contributed by atoms with Crippen LogP contribution in [0.5, 0.6) is 0 Å². The SMILES string of the molecule is Cc1ccc(C(=O)/N=c2/[nH]c3ccc(C(=O)O)cc3s2)cc1. The molecule has 0 unspecified atom stereocenters. The van der Waals surface area contributed by atoms with Crippen molar-refractivity contribution in [2.75, 3.05) is 0 Å². The van der Waals surface area contributed by atoms with E-state index in [4.69, 9.17) is 5.11 Å². The summed E-state index contributed by atoms with van der Waals surface area (Å²) < 4.78 is 0.746. The number of benzene rings is 2. The molecule has 22 heavy (non-hydrogen) atoms. The molecule has 0 radical (unpaired) electrons. The lowest BCUT2D eigenvalue weighted by Crippen LogP contribution is -2.04. The molecule has 2 aromatic carbocycles. The normalized spacial score (nSPS) is 11.8. The van der Waals surface area contributed by atoms with E-state index in [2.05, 4.69) is 9.98 Å². The smallest absolute Gasteiger partial charge is 0.335 e. The first-order valence-electron chi connectivity index (χ1n) is 6.55. The number of aromatic carboxylic acids is 1. The molecule has 1 heterocycles. The number of carbonyl (C=O) groups excluding carboxylic acids is 1. The molecule has 0 spiro atoms.